The maximum atomic E-state index is 5.38. The van der Waals surface area contributed by atoms with Gasteiger partial charge in [-0.1, -0.05) is 42.5 Å². The first-order chi connectivity index (χ1) is 10.4. The number of anilines is 1. The SMILES string of the molecule is COc1cccc(C2Nc3ccccc3C3C=CCC32)c1. The number of hydrogen-bond donors (Lipinski definition) is 1. The van der Waals surface area contributed by atoms with Crippen molar-refractivity contribution in [3.63, 3.8) is 0 Å². The molecule has 0 amide bonds. The Morgan fingerprint density at radius 2 is 2.00 bits per heavy atom. The van der Waals surface area contributed by atoms with Crippen molar-refractivity contribution >= 4 is 5.69 Å². The fourth-order valence-corrected chi connectivity index (χ4v) is 3.71. The summed E-state index contributed by atoms with van der Waals surface area (Å²) in [6.07, 6.45) is 5.83. The molecule has 21 heavy (non-hydrogen) atoms. The van der Waals surface area contributed by atoms with Gasteiger partial charge in [0.25, 0.3) is 0 Å². The molecule has 3 atom stereocenters. The number of benzene rings is 2. The highest BCUT2D eigenvalue weighted by Crippen LogP contribution is 2.49. The van der Waals surface area contributed by atoms with E-state index in [2.05, 4.69) is 59.9 Å². The van der Waals surface area contributed by atoms with Crippen molar-refractivity contribution in [3.8, 4) is 5.75 Å². The maximum absolute atomic E-state index is 5.38. The zero-order valence-corrected chi connectivity index (χ0v) is 12.1. The number of ether oxygens (including phenoxy) is 1. The molecular formula is C19H19NO. The average Bonchev–Trinajstić information content (AvgIpc) is 3.04. The Bertz CT molecular complexity index is 691. The molecule has 2 aliphatic rings. The summed E-state index contributed by atoms with van der Waals surface area (Å²) in [5.41, 5.74) is 4.00. The van der Waals surface area contributed by atoms with Gasteiger partial charge in [0, 0.05) is 11.6 Å². The van der Waals surface area contributed by atoms with Gasteiger partial charge in [-0.15, -0.1) is 0 Å². The molecule has 4 rings (SSSR count). The molecule has 0 bridgehead atoms. The Balaban J connectivity index is 1.77. The highest BCUT2D eigenvalue weighted by atomic mass is 16.5. The summed E-state index contributed by atoms with van der Waals surface area (Å²) in [6, 6.07) is 17.4. The third kappa shape index (κ3) is 2.02. The fraction of sp³-hybridized carbons (Fsp3) is 0.263. The van der Waals surface area contributed by atoms with Crippen LogP contribution in [0.5, 0.6) is 5.75 Å². The Hall–Kier alpha value is -2.22. The van der Waals surface area contributed by atoms with E-state index in [9.17, 15) is 0 Å². The molecule has 0 saturated carbocycles. The number of para-hydroxylation sites is 1. The minimum Gasteiger partial charge on any atom is -0.497 e. The van der Waals surface area contributed by atoms with Crippen LogP contribution in [0.4, 0.5) is 5.69 Å². The van der Waals surface area contributed by atoms with Crippen molar-refractivity contribution in [1.29, 1.82) is 0 Å². The summed E-state index contributed by atoms with van der Waals surface area (Å²) < 4.78 is 5.38. The van der Waals surface area contributed by atoms with Crippen molar-refractivity contribution in [3.05, 3.63) is 71.8 Å². The first-order valence-corrected chi connectivity index (χ1v) is 7.53. The van der Waals surface area contributed by atoms with Gasteiger partial charge in [0.2, 0.25) is 0 Å². The van der Waals surface area contributed by atoms with Crippen molar-refractivity contribution in [2.75, 3.05) is 12.4 Å². The van der Waals surface area contributed by atoms with Gasteiger partial charge in [-0.2, -0.15) is 0 Å². The average molecular weight is 277 g/mol. The van der Waals surface area contributed by atoms with Crippen molar-refractivity contribution in [2.45, 2.75) is 18.4 Å². The summed E-state index contributed by atoms with van der Waals surface area (Å²) in [6.45, 7) is 0. The van der Waals surface area contributed by atoms with Gasteiger partial charge in [0.1, 0.15) is 5.75 Å². The Labute approximate surface area is 125 Å². The van der Waals surface area contributed by atoms with Crippen LogP contribution < -0.4 is 10.1 Å². The zero-order chi connectivity index (χ0) is 14.2. The molecule has 2 heteroatoms. The number of nitrogens with one attached hydrogen (secondary N) is 1. The predicted molar refractivity (Wildman–Crippen MR) is 85.8 cm³/mol. The molecular weight excluding hydrogens is 258 g/mol. The van der Waals surface area contributed by atoms with E-state index in [1.165, 1.54) is 16.8 Å². The summed E-state index contributed by atoms with van der Waals surface area (Å²) in [4.78, 5) is 0. The van der Waals surface area contributed by atoms with Crippen molar-refractivity contribution < 1.29 is 4.74 Å². The standard InChI is InChI=1S/C19H19NO/c1-21-14-7-4-6-13(12-14)19-17-10-5-9-15(17)16-8-2-3-11-18(16)20-19/h2-9,11-12,15,17,19-20H,10H2,1H3. The molecule has 2 aromatic carbocycles. The maximum Gasteiger partial charge on any atom is 0.119 e. The van der Waals surface area contributed by atoms with Gasteiger partial charge >= 0.3 is 0 Å². The summed E-state index contributed by atoms with van der Waals surface area (Å²) in [5.74, 6) is 2.04. The Kier molecular flexibility index (Phi) is 2.95. The minimum atomic E-state index is 0.343. The lowest BCUT2D eigenvalue weighted by Crippen LogP contribution is -2.28. The second kappa shape index (κ2) is 4.96. The summed E-state index contributed by atoms with van der Waals surface area (Å²) >= 11 is 0. The number of hydrogen-bond acceptors (Lipinski definition) is 2. The van der Waals surface area contributed by atoms with Crippen LogP contribution in [0.15, 0.2) is 60.7 Å². The monoisotopic (exact) mass is 277 g/mol. The first-order valence-electron chi connectivity index (χ1n) is 7.53. The van der Waals surface area contributed by atoms with Gasteiger partial charge in [0.15, 0.2) is 0 Å². The van der Waals surface area contributed by atoms with Crippen LogP contribution >= 0.6 is 0 Å². The number of rotatable bonds is 2. The van der Waals surface area contributed by atoms with E-state index in [-0.39, 0.29) is 0 Å². The van der Waals surface area contributed by atoms with Gasteiger partial charge < -0.3 is 10.1 Å². The van der Waals surface area contributed by atoms with Gasteiger partial charge in [-0.3, -0.25) is 0 Å². The lowest BCUT2D eigenvalue weighted by atomic mass is 9.77. The normalized spacial score (nSPS) is 25.9. The van der Waals surface area contributed by atoms with Gasteiger partial charge in [-0.25, -0.2) is 0 Å². The molecule has 106 valence electrons. The van der Waals surface area contributed by atoms with E-state index in [0.717, 1.165) is 12.2 Å². The number of fused-ring (bicyclic) bond motifs is 3. The molecule has 1 N–H and O–H groups in total. The van der Waals surface area contributed by atoms with E-state index in [1.54, 1.807) is 7.11 Å². The van der Waals surface area contributed by atoms with E-state index >= 15 is 0 Å². The van der Waals surface area contributed by atoms with E-state index < -0.39 is 0 Å². The number of allylic oxidation sites excluding steroid dienone is 2. The van der Waals surface area contributed by atoms with Crippen LogP contribution in [0.25, 0.3) is 0 Å². The first kappa shape index (κ1) is 12.5. The van der Waals surface area contributed by atoms with Crippen LogP contribution in [0.1, 0.15) is 29.5 Å². The second-order valence-electron chi connectivity index (χ2n) is 5.84. The third-order valence-corrected chi connectivity index (χ3v) is 4.72. The smallest absolute Gasteiger partial charge is 0.119 e. The number of methoxy groups -OCH3 is 1. The van der Waals surface area contributed by atoms with Crippen LogP contribution in [0, 0.1) is 5.92 Å². The molecule has 0 radical (unpaired) electrons. The fourth-order valence-electron chi connectivity index (χ4n) is 3.71. The van der Waals surface area contributed by atoms with Crippen LogP contribution in [-0.4, -0.2) is 7.11 Å². The summed E-state index contributed by atoms with van der Waals surface area (Å²) in [5, 5.41) is 3.74. The van der Waals surface area contributed by atoms with Crippen LogP contribution in [0.2, 0.25) is 0 Å². The van der Waals surface area contributed by atoms with Crippen LogP contribution in [0.3, 0.4) is 0 Å². The minimum absolute atomic E-state index is 0.343. The zero-order valence-electron chi connectivity index (χ0n) is 12.1. The highest BCUT2D eigenvalue weighted by Gasteiger charge is 2.37. The molecule has 1 aliphatic carbocycles. The van der Waals surface area contributed by atoms with E-state index in [0.29, 0.717) is 17.9 Å². The largest absolute Gasteiger partial charge is 0.497 e. The summed E-state index contributed by atoms with van der Waals surface area (Å²) in [7, 11) is 1.72. The molecule has 0 saturated heterocycles. The van der Waals surface area contributed by atoms with Gasteiger partial charge in [-0.05, 0) is 41.7 Å². The molecule has 0 spiro atoms. The Morgan fingerprint density at radius 3 is 2.90 bits per heavy atom. The quantitative estimate of drug-likeness (QED) is 0.815. The third-order valence-electron chi connectivity index (χ3n) is 4.72. The lowest BCUT2D eigenvalue weighted by Gasteiger charge is -2.37. The van der Waals surface area contributed by atoms with E-state index in [4.69, 9.17) is 4.74 Å². The molecule has 0 fully saturated rings. The molecule has 1 aliphatic heterocycles. The molecule has 2 aromatic rings. The molecule has 1 heterocycles. The van der Waals surface area contributed by atoms with Crippen molar-refractivity contribution in [2.24, 2.45) is 5.92 Å². The highest BCUT2D eigenvalue weighted by molar-refractivity contribution is 5.59. The lowest BCUT2D eigenvalue weighted by molar-refractivity contribution is 0.406. The molecule has 0 aromatic heterocycles. The van der Waals surface area contributed by atoms with E-state index in [1.807, 2.05) is 6.07 Å². The van der Waals surface area contributed by atoms with Crippen LogP contribution in [-0.2, 0) is 0 Å². The van der Waals surface area contributed by atoms with Crippen molar-refractivity contribution in [1.82, 2.24) is 0 Å². The molecule has 2 nitrogen and oxygen atoms in total. The molecule has 3 unspecified atom stereocenters. The Morgan fingerprint density at radius 1 is 1.10 bits per heavy atom. The predicted octanol–water partition coefficient (Wildman–Crippen LogP) is 4.52. The topological polar surface area (TPSA) is 21.3 Å². The second-order valence-corrected chi connectivity index (χ2v) is 5.84. The van der Waals surface area contributed by atoms with Gasteiger partial charge in [0.05, 0.1) is 13.2 Å².